The standard InChI is InChI=1S/C10H11BrO2/c1-12-10(6-13-7-10)8-2-4-9(11)5-3-8/h2-5H,6-7H2,1H3. The molecule has 0 bridgehead atoms. The maximum absolute atomic E-state index is 5.46. The summed E-state index contributed by atoms with van der Waals surface area (Å²) >= 11 is 3.40. The van der Waals surface area contributed by atoms with Crippen molar-refractivity contribution in [1.29, 1.82) is 0 Å². The molecule has 0 aromatic heterocycles. The predicted octanol–water partition coefficient (Wildman–Crippen LogP) is 2.32. The SMILES string of the molecule is COC1(c2ccc(Br)cc2)COC1. The normalized spacial score (nSPS) is 19.5. The molecule has 0 aliphatic carbocycles. The van der Waals surface area contributed by atoms with Crippen molar-refractivity contribution in [3.8, 4) is 0 Å². The van der Waals surface area contributed by atoms with Gasteiger partial charge in [0.05, 0.1) is 13.2 Å². The Labute approximate surface area is 86.0 Å². The Bertz CT molecular complexity index is 285. The monoisotopic (exact) mass is 242 g/mol. The molecule has 1 saturated heterocycles. The molecule has 3 heteroatoms. The van der Waals surface area contributed by atoms with Crippen molar-refractivity contribution in [2.45, 2.75) is 5.60 Å². The third-order valence-electron chi connectivity index (χ3n) is 2.43. The first-order valence-corrected chi connectivity index (χ1v) is 4.95. The van der Waals surface area contributed by atoms with E-state index in [1.807, 2.05) is 12.1 Å². The first-order chi connectivity index (χ1) is 6.27. The Balaban J connectivity index is 2.28. The Morgan fingerprint density at radius 1 is 1.31 bits per heavy atom. The molecule has 0 amide bonds. The van der Waals surface area contributed by atoms with E-state index in [4.69, 9.17) is 9.47 Å². The van der Waals surface area contributed by atoms with Crippen LogP contribution in [0.4, 0.5) is 0 Å². The third kappa shape index (κ3) is 1.52. The third-order valence-corrected chi connectivity index (χ3v) is 2.96. The highest BCUT2D eigenvalue weighted by atomic mass is 79.9. The first kappa shape index (κ1) is 9.19. The van der Waals surface area contributed by atoms with Crippen molar-refractivity contribution >= 4 is 15.9 Å². The van der Waals surface area contributed by atoms with Gasteiger partial charge < -0.3 is 9.47 Å². The van der Waals surface area contributed by atoms with Crippen LogP contribution in [0.2, 0.25) is 0 Å². The molecule has 0 unspecified atom stereocenters. The summed E-state index contributed by atoms with van der Waals surface area (Å²) in [5.41, 5.74) is 0.991. The number of halogens is 1. The lowest BCUT2D eigenvalue weighted by atomic mass is 9.92. The van der Waals surface area contributed by atoms with Crippen LogP contribution >= 0.6 is 15.9 Å². The molecule has 13 heavy (non-hydrogen) atoms. The van der Waals surface area contributed by atoms with Crippen LogP contribution in [0.5, 0.6) is 0 Å². The molecule has 1 heterocycles. The molecule has 0 atom stereocenters. The maximum Gasteiger partial charge on any atom is 0.139 e. The average molecular weight is 243 g/mol. The topological polar surface area (TPSA) is 18.5 Å². The minimum absolute atomic E-state index is 0.194. The van der Waals surface area contributed by atoms with Crippen LogP contribution in [-0.4, -0.2) is 20.3 Å². The second-order valence-corrected chi connectivity index (χ2v) is 4.11. The molecule has 1 aliphatic rings. The molecule has 0 saturated carbocycles. The van der Waals surface area contributed by atoms with E-state index in [1.54, 1.807) is 7.11 Å². The highest BCUT2D eigenvalue weighted by Crippen LogP contribution is 2.33. The zero-order valence-corrected chi connectivity index (χ0v) is 9.00. The van der Waals surface area contributed by atoms with E-state index in [0.717, 1.165) is 4.47 Å². The molecule has 2 rings (SSSR count). The number of hydrogen-bond acceptors (Lipinski definition) is 2. The Morgan fingerprint density at radius 2 is 1.92 bits per heavy atom. The molecular weight excluding hydrogens is 232 g/mol. The smallest absolute Gasteiger partial charge is 0.139 e. The van der Waals surface area contributed by atoms with Crippen molar-refractivity contribution in [3.63, 3.8) is 0 Å². The number of hydrogen-bond donors (Lipinski definition) is 0. The number of methoxy groups -OCH3 is 1. The quantitative estimate of drug-likeness (QED) is 0.793. The lowest BCUT2D eigenvalue weighted by Gasteiger charge is -2.40. The van der Waals surface area contributed by atoms with Crippen LogP contribution in [0.15, 0.2) is 28.7 Å². The highest BCUT2D eigenvalue weighted by Gasteiger charge is 2.40. The number of ether oxygens (including phenoxy) is 2. The second kappa shape index (κ2) is 3.40. The van der Waals surface area contributed by atoms with Gasteiger partial charge in [-0.05, 0) is 17.7 Å². The molecule has 1 fully saturated rings. The zero-order chi connectivity index (χ0) is 9.31. The fourth-order valence-corrected chi connectivity index (χ4v) is 1.71. The van der Waals surface area contributed by atoms with Crippen molar-refractivity contribution < 1.29 is 9.47 Å². The van der Waals surface area contributed by atoms with E-state index in [9.17, 15) is 0 Å². The first-order valence-electron chi connectivity index (χ1n) is 4.16. The molecule has 0 radical (unpaired) electrons. The van der Waals surface area contributed by atoms with E-state index < -0.39 is 0 Å². The van der Waals surface area contributed by atoms with Crippen LogP contribution in [-0.2, 0) is 15.1 Å². The van der Waals surface area contributed by atoms with E-state index in [2.05, 4.69) is 28.1 Å². The van der Waals surface area contributed by atoms with Crippen LogP contribution in [0, 0.1) is 0 Å². The van der Waals surface area contributed by atoms with Gasteiger partial charge in [-0.25, -0.2) is 0 Å². The summed E-state index contributed by atoms with van der Waals surface area (Å²) in [5, 5.41) is 0. The van der Waals surface area contributed by atoms with Crippen LogP contribution in [0.25, 0.3) is 0 Å². The summed E-state index contributed by atoms with van der Waals surface area (Å²) in [6.45, 7) is 1.32. The molecule has 0 spiro atoms. The van der Waals surface area contributed by atoms with E-state index in [0.29, 0.717) is 13.2 Å². The van der Waals surface area contributed by atoms with Gasteiger partial charge in [-0.15, -0.1) is 0 Å². The van der Waals surface area contributed by atoms with Crippen molar-refractivity contribution in [2.24, 2.45) is 0 Å². The maximum atomic E-state index is 5.46. The van der Waals surface area contributed by atoms with Crippen molar-refractivity contribution in [1.82, 2.24) is 0 Å². The summed E-state index contributed by atoms with van der Waals surface area (Å²) in [4.78, 5) is 0. The molecule has 1 aromatic carbocycles. The summed E-state index contributed by atoms with van der Waals surface area (Å²) in [6, 6.07) is 8.18. The van der Waals surface area contributed by atoms with Crippen LogP contribution in [0.1, 0.15) is 5.56 Å². The fraction of sp³-hybridized carbons (Fsp3) is 0.400. The molecule has 2 nitrogen and oxygen atoms in total. The lowest BCUT2D eigenvalue weighted by molar-refractivity contribution is -0.202. The minimum Gasteiger partial charge on any atom is -0.375 e. The minimum atomic E-state index is -0.194. The molecule has 1 aromatic rings. The van der Waals surface area contributed by atoms with Gasteiger partial charge in [-0.1, -0.05) is 28.1 Å². The van der Waals surface area contributed by atoms with Gasteiger partial charge in [0, 0.05) is 11.6 Å². The number of rotatable bonds is 2. The number of benzene rings is 1. The van der Waals surface area contributed by atoms with Crippen molar-refractivity contribution in [3.05, 3.63) is 34.3 Å². The summed E-state index contributed by atoms with van der Waals surface area (Å²) in [6.07, 6.45) is 0. The lowest BCUT2D eigenvalue weighted by Crippen LogP contribution is -2.48. The van der Waals surface area contributed by atoms with Gasteiger partial charge in [-0.3, -0.25) is 0 Å². The van der Waals surface area contributed by atoms with Gasteiger partial charge >= 0.3 is 0 Å². The van der Waals surface area contributed by atoms with Gasteiger partial charge in [-0.2, -0.15) is 0 Å². The van der Waals surface area contributed by atoms with Gasteiger partial charge in [0.1, 0.15) is 5.60 Å². The summed E-state index contributed by atoms with van der Waals surface area (Å²) in [7, 11) is 1.73. The second-order valence-electron chi connectivity index (χ2n) is 3.20. The predicted molar refractivity (Wildman–Crippen MR) is 53.6 cm³/mol. The zero-order valence-electron chi connectivity index (χ0n) is 7.42. The van der Waals surface area contributed by atoms with E-state index in [-0.39, 0.29) is 5.60 Å². The molecular formula is C10H11BrO2. The van der Waals surface area contributed by atoms with Gasteiger partial charge in [0.2, 0.25) is 0 Å². The van der Waals surface area contributed by atoms with E-state index >= 15 is 0 Å². The molecule has 0 N–H and O–H groups in total. The van der Waals surface area contributed by atoms with Crippen molar-refractivity contribution in [2.75, 3.05) is 20.3 Å². The van der Waals surface area contributed by atoms with Gasteiger partial charge in [0.15, 0.2) is 0 Å². The van der Waals surface area contributed by atoms with Crippen LogP contribution < -0.4 is 0 Å². The summed E-state index contributed by atoms with van der Waals surface area (Å²) in [5.74, 6) is 0. The average Bonchev–Trinajstić information content (AvgIpc) is 2.07. The Morgan fingerprint density at radius 3 is 2.31 bits per heavy atom. The van der Waals surface area contributed by atoms with Gasteiger partial charge in [0.25, 0.3) is 0 Å². The molecule has 70 valence electrons. The Hall–Kier alpha value is -0.380. The van der Waals surface area contributed by atoms with E-state index in [1.165, 1.54) is 5.56 Å². The molecule has 1 aliphatic heterocycles. The fourth-order valence-electron chi connectivity index (χ4n) is 1.44. The Kier molecular flexibility index (Phi) is 2.41. The largest absolute Gasteiger partial charge is 0.375 e. The summed E-state index contributed by atoms with van der Waals surface area (Å²) < 4.78 is 11.7. The van der Waals surface area contributed by atoms with Crippen LogP contribution in [0.3, 0.4) is 0 Å². The highest BCUT2D eigenvalue weighted by molar-refractivity contribution is 9.10.